The quantitative estimate of drug-likeness (QED) is 0.527. The Kier molecular flexibility index (Phi) is 4.00. The number of hydrogen-bond donors (Lipinski definition) is 1. The predicted molar refractivity (Wildman–Crippen MR) is 72.6 cm³/mol. The molecular formula is C10H7Cl2N3O2S. The first-order valence-corrected chi connectivity index (χ1v) is 6.42. The van der Waals surface area contributed by atoms with Crippen LogP contribution in [0.4, 0.5) is 11.5 Å². The fourth-order valence-corrected chi connectivity index (χ4v) is 2.53. The zero-order chi connectivity index (χ0) is 13.1. The number of aromatic nitrogens is 1. The minimum atomic E-state index is -0.513. The van der Waals surface area contributed by atoms with Crippen LogP contribution in [0.15, 0.2) is 24.3 Å². The van der Waals surface area contributed by atoms with E-state index in [0.29, 0.717) is 16.7 Å². The van der Waals surface area contributed by atoms with Crippen LogP contribution >= 0.6 is 34.5 Å². The molecule has 0 aliphatic rings. The highest BCUT2D eigenvalue weighted by Crippen LogP contribution is 2.24. The van der Waals surface area contributed by atoms with Crippen molar-refractivity contribution in [2.45, 2.75) is 6.54 Å². The second kappa shape index (κ2) is 5.51. The fraction of sp³-hybridized carbons (Fsp3) is 0.100. The summed E-state index contributed by atoms with van der Waals surface area (Å²) in [5, 5.41) is 13.7. The van der Waals surface area contributed by atoms with E-state index in [1.165, 1.54) is 23.5 Å². The monoisotopic (exact) mass is 303 g/mol. The number of pyridine rings is 1. The third-order valence-electron chi connectivity index (χ3n) is 2.06. The topological polar surface area (TPSA) is 68.1 Å². The average molecular weight is 304 g/mol. The van der Waals surface area contributed by atoms with Crippen molar-refractivity contribution in [2.24, 2.45) is 0 Å². The molecule has 2 rings (SSSR count). The fourth-order valence-electron chi connectivity index (χ4n) is 1.30. The first-order valence-electron chi connectivity index (χ1n) is 4.84. The number of nitro groups is 1. The highest BCUT2D eigenvalue weighted by molar-refractivity contribution is 7.16. The van der Waals surface area contributed by atoms with Gasteiger partial charge in [0.1, 0.15) is 11.0 Å². The molecule has 0 amide bonds. The van der Waals surface area contributed by atoms with Crippen LogP contribution < -0.4 is 5.32 Å². The summed E-state index contributed by atoms with van der Waals surface area (Å²) in [7, 11) is 0. The molecule has 8 heteroatoms. The van der Waals surface area contributed by atoms with Crippen LogP contribution in [-0.2, 0) is 6.54 Å². The lowest BCUT2D eigenvalue weighted by molar-refractivity contribution is -0.384. The maximum atomic E-state index is 10.7. The van der Waals surface area contributed by atoms with Gasteiger partial charge in [0.15, 0.2) is 0 Å². The van der Waals surface area contributed by atoms with E-state index in [9.17, 15) is 10.1 Å². The maximum Gasteiger partial charge on any atom is 0.276 e. The van der Waals surface area contributed by atoms with E-state index in [1.807, 2.05) is 6.07 Å². The summed E-state index contributed by atoms with van der Waals surface area (Å²) in [5.41, 5.74) is -0.0956. The van der Waals surface area contributed by atoms with Gasteiger partial charge in [-0.25, -0.2) is 4.98 Å². The molecule has 94 valence electrons. The zero-order valence-electron chi connectivity index (χ0n) is 8.89. The molecule has 1 N–H and O–H groups in total. The molecule has 0 aliphatic carbocycles. The minimum Gasteiger partial charge on any atom is -0.365 e. The summed E-state index contributed by atoms with van der Waals surface area (Å²) in [6, 6.07) is 6.20. The number of thiophene rings is 1. The molecule has 0 radical (unpaired) electrons. The van der Waals surface area contributed by atoms with Crippen molar-refractivity contribution in [1.29, 1.82) is 0 Å². The molecule has 0 aliphatic heterocycles. The lowest BCUT2D eigenvalue weighted by Gasteiger charge is -2.04. The molecule has 2 heterocycles. The van der Waals surface area contributed by atoms with Gasteiger partial charge in [-0.1, -0.05) is 23.2 Å². The van der Waals surface area contributed by atoms with Gasteiger partial charge in [0.25, 0.3) is 5.69 Å². The normalized spacial score (nSPS) is 10.3. The van der Waals surface area contributed by atoms with Gasteiger partial charge in [0.2, 0.25) is 0 Å². The van der Waals surface area contributed by atoms with Crippen molar-refractivity contribution in [3.05, 3.63) is 48.7 Å². The number of rotatable bonds is 4. The van der Waals surface area contributed by atoms with Crippen molar-refractivity contribution >= 4 is 46.0 Å². The Morgan fingerprint density at radius 1 is 1.39 bits per heavy atom. The lowest BCUT2D eigenvalue weighted by Crippen LogP contribution is -2.01. The summed E-state index contributed by atoms with van der Waals surface area (Å²) in [5.74, 6) is 0.360. The Morgan fingerprint density at radius 2 is 2.17 bits per heavy atom. The van der Waals surface area contributed by atoms with E-state index in [1.54, 1.807) is 6.07 Å². The lowest BCUT2D eigenvalue weighted by atomic mass is 10.4. The van der Waals surface area contributed by atoms with Crippen molar-refractivity contribution in [3.8, 4) is 0 Å². The van der Waals surface area contributed by atoms with Crippen LogP contribution in [0, 0.1) is 10.1 Å². The highest BCUT2D eigenvalue weighted by atomic mass is 35.5. The molecule has 0 spiro atoms. The standard InChI is InChI=1S/C10H7Cl2N3O2S/c11-8-3-6(15(16)17)4-10(14-8)13-5-7-1-2-9(12)18-7/h1-4H,5H2,(H,13,14). The van der Waals surface area contributed by atoms with Gasteiger partial charge in [-0.05, 0) is 12.1 Å². The van der Waals surface area contributed by atoms with Crippen molar-refractivity contribution in [2.75, 3.05) is 5.32 Å². The molecule has 0 fully saturated rings. The number of nitrogens with zero attached hydrogens (tertiary/aromatic N) is 2. The number of hydrogen-bond acceptors (Lipinski definition) is 5. The Balaban J connectivity index is 2.11. The van der Waals surface area contributed by atoms with E-state index in [2.05, 4.69) is 10.3 Å². The van der Waals surface area contributed by atoms with Crippen molar-refractivity contribution < 1.29 is 4.92 Å². The Bertz CT molecular complexity index is 588. The minimum absolute atomic E-state index is 0.0795. The van der Waals surface area contributed by atoms with Gasteiger partial charge >= 0.3 is 0 Å². The largest absolute Gasteiger partial charge is 0.365 e. The molecule has 0 saturated heterocycles. The van der Waals surface area contributed by atoms with Gasteiger partial charge in [0, 0.05) is 4.88 Å². The van der Waals surface area contributed by atoms with Crippen molar-refractivity contribution in [1.82, 2.24) is 4.98 Å². The number of halogens is 2. The van der Waals surface area contributed by atoms with E-state index in [0.717, 1.165) is 4.88 Å². The molecule has 2 aromatic heterocycles. The first kappa shape index (κ1) is 13.1. The summed E-state index contributed by atoms with van der Waals surface area (Å²) < 4.78 is 0.692. The predicted octanol–water partition coefficient (Wildman–Crippen LogP) is 3.97. The third-order valence-corrected chi connectivity index (χ3v) is 3.49. The molecule has 0 aromatic carbocycles. The van der Waals surface area contributed by atoms with Gasteiger partial charge in [-0.15, -0.1) is 11.3 Å². The Labute approximate surface area is 117 Å². The highest BCUT2D eigenvalue weighted by Gasteiger charge is 2.10. The summed E-state index contributed by atoms with van der Waals surface area (Å²) in [6.07, 6.45) is 0. The molecule has 0 atom stereocenters. The van der Waals surface area contributed by atoms with Crippen LogP contribution in [0.25, 0.3) is 0 Å². The number of nitrogens with one attached hydrogen (secondary N) is 1. The van der Waals surface area contributed by atoms with Gasteiger partial charge < -0.3 is 5.32 Å². The van der Waals surface area contributed by atoms with Gasteiger partial charge in [0.05, 0.1) is 27.9 Å². The van der Waals surface area contributed by atoms with Crippen LogP contribution in [0.3, 0.4) is 0 Å². The molecule has 0 unspecified atom stereocenters. The van der Waals surface area contributed by atoms with Gasteiger partial charge in [-0.2, -0.15) is 0 Å². The third kappa shape index (κ3) is 3.32. The first-order chi connectivity index (χ1) is 8.54. The van der Waals surface area contributed by atoms with E-state index in [4.69, 9.17) is 23.2 Å². The second-order valence-corrected chi connectivity index (χ2v) is 5.54. The van der Waals surface area contributed by atoms with Crippen LogP contribution in [0.5, 0.6) is 0 Å². The Morgan fingerprint density at radius 3 is 2.78 bits per heavy atom. The van der Waals surface area contributed by atoms with E-state index in [-0.39, 0.29) is 10.8 Å². The summed E-state index contributed by atoms with van der Waals surface area (Å²) in [4.78, 5) is 15.1. The molecule has 5 nitrogen and oxygen atoms in total. The zero-order valence-corrected chi connectivity index (χ0v) is 11.2. The van der Waals surface area contributed by atoms with E-state index >= 15 is 0 Å². The van der Waals surface area contributed by atoms with Crippen LogP contribution in [0.1, 0.15) is 4.88 Å². The maximum absolute atomic E-state index is 10.7. The van der Waals surface area contributed by atoms with Crippen LogP contribution in [0.2, 0.25) is 9.49 Å². The molecular weight excluding hydrogens is 297 g/mol. The van der Waals surface area contributed by atoms with Gasteiger partial charge in [-0.3, -0.25) is 10.1 Å². The van der Waals surface area contributed by atoms with E-state index < -0.39 is 4.92 Å². The molecule has 0 saturated carbocycles. The molecule has 2 aromatic rings. The smallest absolute Gasteiger partial charge is 0.276 e. The number of anilines is 1. The second-order valence-electron chi connectivity index (χ2n) is 3.35. The molecule has 18 heavy (non-hydrogen) atoms. The summed E-state index contributed by atoms with van der Waals surface area (Å²) >= 11 is 12.9. The van der Waals surface area contributed by atoms with Crippen LogP contribution in [-0.4, -0.2) is 9.91 Å². The SMILES string of the molecule is O=[N+]([O-])c1cc(Cl)nc(NCc2ccc(Cl)s2)c1. The van der Waals surface area contributed by atoms with Crippen molar-refractivity contribution in [3.63, 3.8) is 0 Å². The Hall–Kier alpha value is -1.37. The average Bonchev–Trinajstić information content (AvgIpc) is 2.72. The molecule has 0 bridgehead atoms. The summed E-state index contributed by atoms with van der Waals surface area (Å²) in [6.45, 7) is 0.488.